The van der Waals surface area contributed by atoms with E-state index in [0.717, 1.165) is 52.5 Å². The van der Waals surface area contributed by atoms with Crippen molar-refractivity contribution in [2.45, 2.75) is 39.0 Å². The third-order valence-electron chi connectivity index (χ3n) is 5.89. The summed E-state index contributed by atoms with van der Waals surface area (Å²) in [5.74, 6) is 2.57. The molecule has 0 bridgehead atoms. The molecule has 33 heavy (non-hydrogen) atoms. The number of halogens is 1. The smallest absolute Gasteiger partial charge is 0.213 e. The standard InChI is InChI=1S/C27H27ClN2O3/c1-3-15-32-22-12-7-19(8-13-22)27-30-25(23-16-20(28)9-14-26(23)33-27)17-24(29-30)18-5-10-21(11-6-18)31-4-2/h5-14,16,25,27H,3-4,15,17H2,1-2H3/t25-,27-/m1/s1. The van der Waals surface area contributed by atoms with Gasteiger partial charge in [-0.1, -0.05) is 18.5 Å². The molecule has 170 valence electrons. The van der Waals surface area contributed by atoms with Gasteiger partial charge in [0, 0.05) is 22.6 Å². The Hall–Kier alpha value is -3.18. The highest BCUT2D eigenvalue weighted by Crippen LogP contribution is 2.48. The van der Waals surface area contributed by atoms with Crippen LogP contribution in [0, 0.1) is 0 Å². The summed E-state index contributed by atoms with van der Waals surface area (Å²) in [5.41, 5.74) is 4.19. The van der Waals surface area contributed by atoms with Crippen LogP contribution in [0.15, 0.2) is 71.8 Å². The fourth-order valence-electron chi connectivity index (χ4n) is 4.31. The van der Waals surface area contributed by atoms with Crippen molar-refractivity contribution in [1.82, 2.24) is 5.01 Å². The molecular weight excluding hydrogens is 436 g/mol. The van der Waals surface area contributed by atoms with Gasteiger partial charge in [-0.15, -0.1) is 0 Å². The zero-order valence-electron chi connectivity index (χ0n) is 18.8. The molecule has 2 aliphatic rings. The van der Waals surface area contributed by atoms with Crippen molar-refractivity contribution >= 4 is 17.3 Å². The van der Waals surface area contributed by atoms with Crippen LogP contribution in [0.1, 0.15) is 55.6 Å². The maximum atomic E-state index is 6.44. The first-order chi connectivity index (χ1) is 16.2. The first-order valence-corrected chi connectivity index (χ1v) is 11.8. The van der Waals surface area contributed by atoms with Crippen molar-refractivity contribution in [1.29, 1.82) is 0 Å². The number of hydrogen-bond donors (Lipinski definition) is 0. The Morgan fingerprint density at radius 1 is 0.970 bits per heavy atom. The van der Waals surface area contributed by atoms with Gasteiger partial charge in [0.1, 0.15) is 17.2 Å². The molecule has 0 spiro atoms. The Kier molecular flexibility index (Phi) is 6.14. The van der Waals surface area contributed by atoms with E-state index in [1.807, 2.05) is 49.4 Å². The molecule has 5 rings (SSSR count). The van der Waals surface area contributed by atoms with Crippen LogP contribution < -0.4 is 14.2 Å². The molecule has 2 heterocycles. The summed E-state index contributed by atoms with van der Waals surface area (Å²) in [4.78, 5) is 0. The molecule has 5 nitrogen and oxygen atoms in total. The van der Waals surface area contributed by atoms with Gasteiger partial charge in [-0.25, -0.2) is 5.01 Å². The number of nitrogens with zero attached hydrogens (tertiary/aromatic N) is 2. The molecule has 2 aliphatic heterocycles. The van der Waals surface area contributed by atoms with E-state index >= 15 is 0 Å². The lowest BCUT2D eigenvalue weighted by Crippen LogP contribution is -2.33. The summed E-state index contributed by atoms with van der Waals surface area (Å²) in [6.45, 7) is 5.44. The monoisotopic (exact) mass is 462 g/mol. The van der Waals surface area contributed by atoms with E-state index in [4.69, 9.17) is 30.9 Å². The van der Waals surface area contributed by atoms with Crippen molar-refractivity contribution in [2.75, 3.05) is 13.2 Å². The minimum atomic E-state index is -0.330. The van der Waals surface area contributed by atoms with Crippen LogP contribution in [0.5, 0.6) is 17.2 Å². The van der Waals surface area contributed by atoms with Crippen molar-refractivity contribution in [3.8, 4) is 17.2 Å². The van der Waals surface area contributed by atoms with Crippen LogP contribution in [-0.4, -0.2) is 23.9 Å². The van der Waals surface area contributed by atoms with E-state index in [-0.39, 0.29) is 12.3 Å². The molecule has 6 heteroatoms. The van der Waals surface area contributed by atoms with Crippen molar-refractivity contribution in [2.24, 2.45) is 5.10 Å². The lowest BCUT2D eigenvalue weighted by molar-refractivity contribution is -0.0190. The van der Waals surface area contributed by atoms with E-state index in [9.17, 15) is 0 Å². The quantitative estimate of drug-likeness (QED) is 0.388. The number of benzene rings is 3. The molecule has 3 aromatic carbocycles. The lowest BCUT2D eigenvalue weighted by atomic mass is 9.96. The summed E-state index contributed by atoms with van der Waals surface area (Å²) in [6.07, 6.45) is 1.42. The molecule has 0 fully saturated rings. The number of ether oxygens (including phenoxy) is 3. The summed E-state index contributed by atoms with van der Waals surface area (Å²) >= 11 is 6.34. The lowest BCUT2D eigenvalue weighted by Gasteiger charge is -2.38. The number of rotatable bonds is 7. The summed E-state index contributed by atoms with van der Waals surface area (Å²) in [7, 11) is 0. The molecule has 0 aliphatic carbocycles. The third kappa shape index (κ3) is 4.38. The van der Waals surface area contributed by atoms with Crippen LogP contribution in [0.25, 0.3) is 0 Å². The second-order valence-electron chi connectivity index (χ2n) is 8.17. The van der Waals surface area contributed by atoms with Crippen molar-refractivity contribution < 1.29 is 14.2 Å². The Morgan fingerprint density at radius 2 is 1.70 bits per heavy atom. The zero-order chi connectivity index (χ0) is 22.8. The summed E-state index contributed by atoms with van der Waals surface area (Å²) in [5, 5.41) is 7.78. The van der Waals surface area contributed by atoms with Gasteiger partial charge in [-0.3, -0.25) is 0 Å². The second kappa shape index (κ2) is 9.36. The van der Waals surface area contributed by atoms with E-state index in [0.29, 0.717) is 18.2 Å². The van der Waals surface area contributed by atoms with Gasteiger partial charge in [-0.05, 0) is 85.6 Å². The highest BCUT2D eigenvalue weighted by atomic mass is 35.5. The molecule has 2 atom stereocenters. The Morgan fingerprint density at radius 3 is 2.42 bits per heavy atom. The molecule has 3 aromatic rings. The van der Waals surface area contributed by atoms with Gasteiger partial charge in [0.15, 0.2) is 0 Å². The normalized spacial score (nSPS) is 18.8. The fourth-order valence-corrected chi connectivity index (χ4v) is 4.49. The molecule has 0 radical (unpaired) electrons. The summed E-state index contributed by atoms with van der Waals surface area (Å²) < 4.78 is 17.8. The van der Waals surface area contributed by atoms with E-state index < -0.39 is 0 Å². The highest BCUT2D eigenvalue weighted by Gasteiger charge is 2.41. The van der Waals surface area contributed by atoms with Gasteiger partial charge in [-0.2, -0.15) is 5.10 Å². The van der Waals surface area contributed by atoms with Gasteiger partial charge < -0.3 is 14.2 Å². The zero-order valence-corrected chi connectivity index (χ0v) is 19.6. The second-order valence-corrected chi connectivity index (χ2v) is 8.61. The first-order valence-electron chi connectivity index (χ1n) is 11.4. The predicted octanol–water partition coefficient (Wildman–Crippen LogP) is 6.77. The topological polar surface area (TPSA) is 43.3 Å². The van der Waals surface area contributed by atoms with E-state index in [1.165, 1.54) is 0 Å². The maximum Gasteiger partial charge on any atom is 0.213 e. The van der Waals surface area contributed by atoms with Crippen LogP contribution in [0.3, 0.4) is 0 Å². The van der Waals surface area contributed by atoms with Gasteiger partial charge in [0.2, 0.25) is 6.23 Å². The van der Waals surface area contributed by atoms with Crippen LogP contribution in [0.4, 0.5) is 0 Å². The number of hydrazone groups is 1. The molecule has 0 saturated heterocycles. The molecule has 0 unspecified atom stereocenters. The predicted molar refractivity (Wildman–Crippen MR) is 130 cm³/mol. The maximum absolute atomic E-state index is 6.44. The van der Waals surface area contributed by atoms with Crippen LogP contribution in [0.2, 0.25) is 5.02 Å². The van der Waals surface area contributed by atoms with Crippen molar-refractivity contribution in [3.05, 3.63) is 88.4 Å². The minimum Gasteiger partial charge on any atom is -0.494 e. The molecule has 0 saturated carbocycles. The molecule has 0 N–H and O–H groups in total. The Bertz CT molecular complexity index is 1150. The Labute approximate surface area is 199 Å². The highest BCUT2D eigenvalue weighted by molar-refractivity contribution is 6.30. The molecule has 0 amide bonds. The average molecular weight is 463 g/mol. The van der Waals surface area contributed by atoms with E-state index in [1.54, 1.807) is 0 Å². The van der Waals surface area contributed by atoms with Crippen molar-refractivity contribution in [3.63, 3.8) is 0 Å². The SMILES string of the molecule is CCCOc1ccc([C@H]2Oc3ccc(Cl)cc3[C@H]3CC(c4ccc(OCC)cc4)=NN32)cc1. The summed E-state index contributed by atoms with van der Waals surface area (Å²) in [6, 6.07) is 22.1. The average Bonchev–Trinajstić information content (AvgIpc) is 3.29. The molecular formula is C27H27ClN2O3. The largest absolute Gasteiger partial charge is 0.494 e. The number of hydrogen-bond acceptors (Lipinski definition) is 5. The fraction of sp³-hybridized carbons (Fsp3) is 0.296. The van der Waals surface area contributed by atoms with Gasteiger partial charge >= 0.3 is 0 Å². The van der Waals surface area contributed by atoms with E-state index in [2.05, 4.69) is 36.2 Å². The van der Waals surface area contributed by atoms with Crippen LogP contribution in [-0.2, 0) is 0 Å². The number of fused-ring (bicyclic) bond motifs is 3. The van der Waals surface area contributed by atoms with Gasteiger partial charge in [0.25, 0.3) is 0 Å². The first kappa shape index (κ1) is 21.7. The Balaban J connectivity index is 1.48. The van der Waals surface area contributed by atoms with Crippen LogP contribution >= 0.6 is 11.6 Å². The molecule has 0 aromatic heterocycles. The van der Waals surface area contributed by atoms with Gasteiger partial charge in [0.05, 0.1) is 25.0 Å². The minimum absolute atomic E-state index is 0.0510. The third-order valence-corrected chi connectivity index (χ3v) is 6.12.